The number of hydrogen-bond donors (Lipinski definition) is 2. The Labute approximate surface area is 180 Å². The first-order valence-electron chi connectivity index (χ1n) is 9.86. The van der Waals surface area contributed by atoms with E-state index < -0.39 is 17.8 Å². The third kappa shape index (κ3) is 5.54. The molecule has 0 saturated heterocycles. The van der Waals surface area contributed by atoms with Crippen LogP contribution in [0.3, 0.4) is 0 Å². The topological polar surface area (TPSA) is 104 Å². The van der Waals surface area contributed by atoms with Gasteiger partial charge in [0, 0.05) is 25.9 Å². The van der Waals surface area contributed by atoms with E-state index in [9.17, 15) is 14.7 Å². The minimum absolute atomic E-state index is 0.0243. The average Bonchev–Trinajstić information content (AvgIpc) is 3.20. The molecule has 2 N–H and O–H groups in total. The van der Waals surface area contributed by atoms with Gasteiger partial charge in [-0.3, -0.25) is 4.79 Å². The number of carbonyl (C=O) groups is 2. The highest BCUT2D eigenvalue weighted by atomic mass is 32.1. The average molecular weight is 433 g/mol. The van der Waals surface area contributed by atoms with Crippen molar-refractivity contribution >= 4 is 44.9 Å². The maximum atomic E-state index is 12.2. The molecular weight excluding hydrogens is 404 g/mol. The Morgan fingerprint density at radius 1 is 1.33 bits per heavy atom. The van der Waals surface area contributed by atoms with Crippen LogP contribution in [-0.2, 0) is 4.74 Å². The first kappa shape index (κ1) is 22.2. The number of anilines is 1. The minimum Gasteiger partial charge on any atom is -0.442 e. The van der Waals surface area contributed by atoms with Crippen LogP contribution in [0.5, 0.6) is 0 Å². The molecule has 0 radical (unpaired) electrons. The molecule has 9 heteroatoms. The number of carbonyl (C=O) groups excluding carboxylic acids is 2. The molecule has 1 aliphatic carbocycles. The number of aliphatic imine (C=N–C) groups is 1. The number of nitrogens with zero attached hydrogens (tertiary/aromatic N) is 3. The van der Waals surface area contributed by atoms with Gasteiger partial charge in [0.1, 0.15) is 5.60 Å². The molecule has 2 amide bonds. The van der Waals surface area contributed by atoms with E-state index >= 15 is 0 Å². The number of fused-ring (bicyclic) bond motifs is 1. The standard InChI is InChI=1S/C21H28N4O4S/c1-21(2,3)29-20(28)22-11-12-8-15(16(26)9-12)24-19-23-14-7-6-13(10-17(14)30-19)18(27)25(4)5/h6-7,10-12,15-16,26H,8-9H2,1-5H3,(H,23,24)/t12?,15-,16-/m1/s1. The summed E-state index contributed by atoms with van der Waals surface area (Å²) in [4.78, 5) is 33.9. The summed E-state index contributed by atoms with van der Waals surface area (Å²) in [6.07, 6.45) is 1.52. The van der Waals surface area contributed by atoms with Gasteiger partial charge >= 0.3 is 6.09 Å². The van der Waals surface area contributed by atoms with Gasteiger partial charge in [-0.1, -0.05) is 11.3 Å². The van der Waals surface area contributed by atoms with Crippen LogP contribution in [0, 0.1) is 5.92 Å². The van der Waals surface area contributed by atoms with Crippen LogP contribution < -0.4 is 5.32 Å². The lowest BCUT2D eigenvalue weighted by Gasteiger charge is -2.17. The second-order valence-corrected chi connectivity index (χ2v) is 9.74. The van der Waals surface area contributed by atoms with Crippen LogP contribution in [0.4, 0.5) is 9.93 Å². The zero-order chi connectivity index (χ0) is 22.1. The lowest BCUT2D eigenvalue weighted by atomic mass is 10.1. The van der Waals surface area contributed by atoms with Crippen molar-refractivity contribution in [1.29, 1.82) is 0 Å². The summed E-state index contributed by atoms with van der Waals surface area (Å²) in [5, 5.41) is 14.4. The van der Waals surface area contributed by atoms with Gasteiger partial charge in [0.05, 0.1) is 22.4 Å². The Morgan fingerprint density at radius 2 is 2.07 bits per heavy atom. The SMILES string of the molecule is CN(C)C(=O)c1ccc2nc(N[C@@H]3CC(C=NC(=O)OC(C)(C)C)C[C@H]3O)sc2c1. The molecule has 0 spiro atoms. The lowest BCUT2D eigenvalue weighted by molar-refractivity contribution is 0.0604. The molecule has 1 heterocycles. The molecule has 1 saturated carbocycles. The molecule has 8 nitrogen and oxygen atoms in total. The number of aromatic nitrogens is 1. The number of nitrogens with one attached hydrogen (secondary N) is 1. The molecule has 1 aliphatic rings. The number of thiazole rings is 1. The van der Waals surface area contributed by atoms with Crippen LogP contribution in [0.2, 0.25) is 0 Å². The highest BCUT2D eigenvalue weighted by Crippen LogP contribution is 2.32. The summed E-state index contributed by atoms with van der Waals surface area (Å²) < 4.78 is 6.07. The number of ether oxygens (including phenoxy) is 1. The van der Waals surface area contributed by atoms with Crippen LogP contribution in [0.15, 0.2) is 23.2 Å². The fraction of sp³-hybridized carbons (Fsp3) is 0.524. The fourth-order valence-electron chi connectivity index (χ4n) is 3.32. The summed E-state index contributed by atoms with van der Waals surface area (Å²) in [6, 6.07) is 5.24. The maximum absolute atomic E-state index is 12.2. The monoisotopic (exact) mass is 432 g/mol. The van der Waals surface area contributed by atoms with Crippen LogP contribution >= 0.6 is 11.3 Å². The summed E-state index contributed by atoms with van der Waals surface area (Å²) in [6.45, 7) is 5.37. The predicted octanol–water partition coefficient (Wildman–Crippen LogP) is 3.56. The van der Waals surface area contributed by atoms with Crippen molar-refractivity contribution in [2.75, 3.05) is 19.4 Å². The molecule has 1 aromatic carbocycles. The van der Waals surface area contributed by atoms with E-state index in [1.165, 1.54) is 16.2 Å². The van der Waals surface area contributed by atoms with Crippen molar-refractivity contribution in [1.82, 2.24) is 9.88 Å². The van der Waals surface area contributed by atoms with Gasteiger partial charge in [0.15, 0.2) is 5.13 Å². The molecule has 162 valence electrons. The highest BCUT2D eigenvalue weighted by Gasteiger charge is 2.33. The Kier molecular flexibility index (Phi) is 6.42. The molecule has 1 fully saturated rings. The van der Waals surface area contributed by atoms with Crippen molar-refractivity contribution in [3.63, 3.8) is 0 Å². The van der Waals surface area contributed by atoms with E-state index in [1.807, 2.05) is 12.1 Å². The van der Waals surface area contributed by atoms with Gasteiger partial charge < -0.3 is 20.1 Å². The number of amides is 2. The largest absolute Gasteiger partial charge is 0.442 e. The number of aliphatic hydroxyl groups excluding tert-OH is 1. The lowest BCUT2D eigenvalue weighted by Crippen LogP contribution is -2.27. The number of rotatable bonds is 4. The zero-order valence-corrected chi connectivity index (χ0v) is 18.7. The van der Waals surface area contributed by atoms with Gasteiger partial charge in [-0.2, -0.15) is 4.99 Å². The Bertz CT molecular complexity index is 964. The van der Waals surface area contributed by atoms with E-state index in [2.05, 4.69) is 15.3 Å². The van der Waals surface area contributed by atoms with Crippen molar-refractivity contribution in [3.8, 4) is 0 Å². The third-order valence-corrected chi connectivity index (χ3v) is 5.65. The van der Waals surface area contributed by atoms with Crippen LogP contribution in [-0.4, -0.2) is 65.0 Å². The van der Waals surface area contributed by atoms with Gasteiger partial charge in [0.25, 0.3) is 5.91 Å². The van der Waals surface area contributed by atoms with Crippen molar-refractivity contribution in [2.45, 2.75) is 51.4 Å². The van der Waals surface area contributed by atoms with Gasteiger partial charge in [-0.25, -0.2) is 9.78 Å². The van der Waals surface area contributed by atoms with Crippen LogP contribution in [0.1, 0.15) is 44.0 Å². The molecule has 3 atom stereocenters. The second kappa shape index (κ2) is 8.69. The summed E-state index contributed by atoms with van der Waals surface area (Å²) in [5.74, 6) is -0.0816. The van der Waals surface area contributed by atoms with Gasteiger partial charge in [-0.05, 0) is 57.7 Å². The van der Waals surface area contributed by atoms with Crippen LogP contribution in [0.25, 0.3) is 10.2 Å². The van der Waals surface area contributed by atoms with E-state index in [1.54, 1.807) is 47.1 Å². The van der Waals surface area contributed by atoms with Crippen molar-refractivity contribution in [3.05, 3.63) is 23.8 Å². The quantitative estimate of drug-likeness (QED) is 0.716. The Hall–Kier alpha value is -2.52. The molecule has 1 unspecified atom stereocenters. The molecular formula is C21H28N4O4S. The smallest absolute Gasteiger partial charge is 0.433 e. The molecule has 30 heavy (non-hydrogen) atoms. The zero-order valence-electron chi connectivity index (χ0n) is 17.9. The Balaban J connectivity index is 1.64. The van der Waals surface area contributed by atoms with E-state index in [4.69, 9.17) is 4.74 Å². The summed E-state index contributed by atoms with van der Waals surface area (Å²) in [5.41, 5.74) is 0.827. The van der Waals surface area contributed by atoms with E-state index in [0.717, 1.165) is 10.2 Å². The minimum atomic E-state index is -0.623. The number of aliphatic hydroxyl groups is 1. The first-order chi connectivity index (χ1) is 14.0. The highest BCUT2D eigenvalue weighted by molar-refractivity contribution is 7.22. The predicted molar refractivity (Wildman–Crippen MR) is 119 cm³/mol. The molecule has 2 aromatic rings. The summed E-state index contributed by atoms with van der Waals surface area (Å²) in [7, 11) is 3.44. The van der Waals surface area contributed by atoms with Crippen molar-refractivity contribution < 1.29 is 19.4 Å². The maximum Gasteiger partial charge on any atom is 0.433 e. The van der Waals surface area contributed by atoms with Gasteiger partial charge in [0.2, 0.25) is 0 Å². The molecule has 1 aromatic heterocycles. The van der Waals surface area contributed by atoms with E-state index in [0.29, 0.717) is 23.5 Å². The molecule has 0 bridgehead atoms. The number of hydrogen-bond acceptors (Lipinski definition) is 7. The number of benzene rings is 1. The molecule has 3 rings (SSSR count). The summed E-state index contributed by atoms with van der Waals surface area (Å²) >= 11 is 1.44. The third-order valence-electron chi connectivity index (χ3n) is 4.70. The second-order valence-electron chi connectivity index (χ2n) is 8.71. The van der Waals surface area contributed by atoms with Crippen molar-refractivity contribution in [2.24, 2.45) is 10.9 Å². The Morgan fingerprint density at radius 3 is 2.73 bits per heavy atom. The molecule has 0 aliphatic heterocycles. The van der Waals surface area contributed by atoms with E-state index in [-0.39, 0.29) is 17.9 Å². The van der Waals surface area contributed by atoms with Gasteiger partial charge in [-0.15, -0.1) is 0 Å². The fourth-order valence-corrected chi connectivity index (χ4v) is 4.29. The first-order valence-corrected chi connectivity index (χ1v) is 10.7. The normalized spacial score (nSPS) is 21.9.